The molecule has 0 aliphatic carbocycles. The summed E-state index contributed by atoms with van der Waals surface area (Å²) in [5, 5.41) is 3.28. The van der Waals surface area contributed by atoms with Gasteiger partial charge in [0.05, 0.1) is 10.6 Å². The highest BCUT2D eigenvalue weighted by molar-refractivity contribution is 7.91. The molecule has 108 valence electrons. The maximum absolute atomic E-state index is 12.1. The summed E-state index contributed by atoms with van der Waals surface area (Å²) in [7, 11) is -1.20. The van der Waals surface area contributed by atoms with Crippen LogP contribution in [0.5, 0.6) is 0 Å². The van der Waals surface area contributed by atoms with E-state index < -0.39 is 9.84 Å². The minimum Gasteiger partial charge on any atom is -0.317 e. The summed E-state index contributed by atoms with van der Waals surface area (Å²) in [6.07, 6.45) is 1.79. The standard InChI is InChI=1S/C15H25NO2S/c1-5-19(17,18)15-9-7-6-8-13(15)11-14(16-4)10-12(2)3/h6-9,12,14,16H,5,10-11H2,1-4H3. The molecule has 1 rings (SSSR count). The zero-order valence-electron chi connectivity index (χ0n) is 12.3. The van der Waals surface area contributed by atoms with Gasteiger partial charge in [-0.15, -0.1) is 0 Å². The van der Waals surface area contributed by atoms with Crippen molar-refractivity contribution in [3.63, 3.8) is 0 Å². The third-order valence-electron chi connectivity index (χ3n) is 3.32. The fraction of sp³-hybridized carbons (Fsp3) is 0.600. The Hall–Kier alpha value is -0.870. The molecule has 0 aromatic heterocycles. The van der Waals surface area contributed by atoms with Gasteiger partial charge in [-0.25, -0.2) is 8.42 Å². The molecule has 0 heterocycles. The van der Waals surface area contributed by atoms with Crippen LogP contribution < -0.4 is 5.32 Å². The first-order chi connectivity index (χ1) is 8.90. The average Bonchev–Trinajstić information content (AvgIpc) is 2.38. The number of likely N-dealkylation sites (N-methyl/N-ethyl adjacent to an activating group) is 1. The molecule has 1 aromatic carbocycles. The van der Waals surface area contributed by atoms with Crippen LogP contribution in [0.25, 0.3) is 0 Å². The fourth-order valence-corrected chi connectivity index (χ4v) is 3.42. The molecule has 0 bridgehead atoms. The Bertz CT molecular complexity index is 495. The van der Waals surface area contributed by atoms with Gasteiger partial charge in [-0.05, 0) is 37.4 Å². The molecular formula is C15H25NO2S. The largest absolute Gasteiger partial charge is 0.317 e. The van der Waals surface area contributed by atoms with Crippen molar-refractivity contribution in [1.29, 1.82) is 0 Å². The van der Waals surface area contributed by atoms with Crippen LogP contribution in [0.4, 0.5) is 0 Å². The number of sulfone groups is 1. The van der Waals surface area contributed by atoms with Crippen molar-refractivity contribution in [1.82, 2.24) is 5.32 Å². The van der Waals surface area contributed by atoms with Crippen LogP contribution in [-0.2, 0) is 16.3 Å². The molecule has 1 atom stereocenters. The first-order valence-electron chi connectivity index (χ1n) is 6.88. The monoisotopic (exact) mass is 283 g/mol. The second-order valence-corrected chi connectivity index (χ2v) is 7.58. The van der Waals surface area contributed by atoms with Crippen LogP contribution in [-0.4, -0.2) is 27.3 Å². The van der Waals surface area contributed by atoms with E-state index in [0.29, 0.717) is 16.9 Å². The van der Waals surface area contributed by atoms with Gasteiger partial charge in [-0.2, -0.15) is 0 Å². The summed E-state index contributed by atoms with van der Waals surface area (Å²) in [6, 6.07) is 7.66. The smallest absolute Gasteiger partial charge is 0.178 e. The molecule has 0 fully saturated rings. The van der Waals surface area contributed by atoms with Gasteiger partial charge in [0.2, 0.25) is 0 Å². The molecule has 0 aliphatic heterocycles. The summed E-state index contributed by atoms with van der Waals surface area (Å²) in [5.74, 6) is 0.741. The maximum Gasteiger partial charge on any atom is 0.178 e. The molecule has 1 aromatic rings. The van der Waals surface area contributed by atoms with Gasteiger partial charge in [-0.1, -0.05) is 39.0 Å². The van der Waals surface area contributed by atoms with Crippen LogP contribution in [0.3, 0.4) is 0 Å². The lowest BCUT2D eigenvalue weighted by molar-refractivity contribution is 0.439. The van der Waals surface area contributed by atoms with Gasteiger partial charge in [-0.3, -0.25) is 0 Å². The van der Waals surface area contributed by atoms with Gasteiger partial charge in [0, 0.05) is 6.04 Å². The molecule has 4 heteroatoms. The van der Waals surface area contributed by atoms with Gasteiger partial charge in [0.15, 0.2) is 9.84 Å². The molecule has 0 radical (unpaired) electrons. The van der Waals surface area contributed by atoms with Crippen LogP contribution >= 0.6 is 0 Å². The van der Waals surface area contributed by atoms with Crippen LogP contribution in [0.15, 0.2) is 29.2 Å². The molecule has 3 nitrogen and oxygen atoms in total. The highest BCUT2D eigenvalue weighted by Crippen LogP contribution is 2.20. The van der Waals surface area contributed by atoms with Crippen molar-refractivity contribution < 1.29 is 8.42 Å². The molecule has 1 N–H and O–H groups in total. The van der Waals surface area contributed by atoms with Crippen molar-refractivity contribution >= 4 is 9.84 Å². The van der Waals surface area contributed by atoms with Crippen LogP contribution in [0.1, 0.15) is 32.8 Å². The number of nitrogens with one attached hydrogen (secondary N) is 1. The Balaban J connectivity index is 3.01. The van der Waals surface area contributed by atoms with Gasteiger partial charge >= 0.3 is 0 Å². The predicted molar refractivity (Wildman–Crippen MR) is 80.2 cm³/mol. The second-order valence-electron chi connectivity index (χ2n) is 5.33. The predicted octanol–water partition coefficient (Wildman–Crippen LogP) is 2.66. The van der Waals surface area contributed by atoms with Crippen LogP contribution in [0.2, 0.25) is 0 Å². The molecule has 0 amide bonds. The Labute approximate surface area is 117 Å². The maximum atomic E-state index is 12.1. The number of benzene rings is 1. The lowest BCUT2D eigenvalue weighted by atomic mass is 9.97. The van der Waals surface area contributed by atoms with E-state index in [1.807, 2.05) is 19.2 Å². The van der Waals surface area contributed by atoms with Crippen molar-refractivity contribution in [2.24, 2.45) is 5.92 Å². The molecule has 19 heavy (non-hydrogen) atoms. The second kappa shape index (κ2) is 7.06. The molecule has 0 saturated carbocycles. The normalized spacial score (nSPS) is 13.7. The third kappa shape index (κ3) is 4.62. The molecule has 0 aliphatic rings. The topological polar surface area (TPSA) is 46.2 Å². The van der Waals surface area contributed by atoms with E-state index in [2.05, 4.69) is 19.2 Å². The molecule has 0 saturated heterocycles. The first kappa shape index (κ1) is 16.2. The highest BCUT2D eigenvalue weighted by Gasteiger charge is 2.18. The van der Waals surface area contributed by atoms with E-state index in [1.54, 1.807) is 19.1 Å². The van der Waals surface area contributed by atoms with Crippen molar-refractivity contribution in [2.75, 3.05) is 12.8 Å². The van der Waals surface area contributed by atoms with Crippen molar-refractivity contribution in [3.05, 3.63) is 29.8 Å². The summed E-state index contributed by atoms with van der Waals surface area (Å²) in [5.41, 5.74) is 0.921. The lowest BCUT2D eigenvalue weighted by Gasteiger charge is -2.20. The first-order valence-corrected chi connectivity index (χ1v) is 8.53. The lowest BCUT2D eigenvalue weighted by Crippen LogP contribution is -2.29. The Morgan fingerprint density at radius 3 is 2.37 bits per heavy atom. The number of hydrogen-bond acceptors (Lipinski definition) is 3. The summed E-state index contributed by atoms with van der Waals surface area (Å²) in [6.45, 7) is 6.05. The van der Waals surface area contributed by atoms with E-state index in [-0.39, 0.29) is 5.75 Å². The van der Waals surface area contributed by atoms with Gasteiger partial charge < -0.3 is 5.32 Å². The summed E-state index contributed by atoms with van der Waals surface area (Å²) >= 11 is 0. The average molecular weight is 283 g/mol. The zero-order valence-corrected chi connectivity index (χ0v) is 13.1. The van der Waals surface area contributed by atoms with Crippen molar-refractivity contribution in [3.8, 4) is 0 Å². The summed E-state index contributed by atoms with van der Waals surface area (Å²) in [4.78, 5) is 0.488. The zero-order chi connectivity index (χ0) is 14.5. The van der Waals surface area contributed by atoms with E-state index >= 15 is 0 Å². The summed E-state index contributed by atoms with van der Waals surface area (Å²) < 4.78 is 24.2. The Morgan fingerprint density at radius 2 is 1.84 bits per heavy atom. The van der Waals surface area contributed by atoms with E-state index in [4.69, 9.17) is 0 Å². The van der Waals surface area contributed by atoms with Crippen LogP contribution in [0, 0.1) is 5.92 Å². The number of rotatable bonds is 7. The van der Waals surface area contributed by atoms with Crippen molar-refractivity contribution in [2.45, 2.75) is 44.6 Å². The minimum atomic E-state index is -3.14. The molecule has 0 spiro atoms. The fourth-order valence-electron chi connectivity index (χ4n) is 2.27. The van der Waals surface area contributed by atoms with E-state index in [1.165, 1.54) is 0 Å². The highest BCUT2D eigenvalue weighted by atomic mass is 32.2. The Morgan fingerprint density at radius 1 is 1.21 bits per heavy atom. The molecule has 1 unspecified atom stereocenters. The van der Waals surface area contributed by atoms with Gasteiger partial charge in [0.25, 0.3) is 0 Å². The number of hydrogen-bond donors (Lipinski definition) is 1. The quantitative estimate of drug-likeness (QED) is 0.837. The third-order valence-corrected chi connectivity index (χ3v) is 5.15. The van der Waals surface area contributed by atoms with E-state index in [9.17, 15) is 8.42 Å². The SMILES string of the molecule is CCS(=O)(=O)c1ccccc1CC(CC(C)C)NC. The van der Waals surface area contributed by atoms with Gasteiger partial charge in [0.1, 0.15) is 0 Å². The van der Waals surface area contributed by atoms with E-state index in [0.717, 1.165) is 18.4 Å². The molecular weight excluding hydrogens is 258 g/mol. The minimum absolute atomic E-state index is 0.151. The Kier molecular flexibility index (Phi) is 6.01.